The van der Waals surface area contributed by atoms with E-state index in [2.05, 4.69) is 21.9 Å². The topological polar surface area (TPSA) is 73.3 Å². The summed E-state index contributed by atoms with van der Waals surface area (Å²) in [7, 11) is 5.80. The molecule has 2 aliphatic rings. The van der Waals surface area contributed by atoms with E-state index in [9.17, 15) is 14.7 Å². The fraction of sp³-hybridized carbons (Fsp3) is 0.619. The molecule has 7 heteroatoms. The molecule has 0 radical (unpaired) electrons. The Bertz CT molecular complexity index is 696. The minimum Gasteiger partial charge on any atom is -0.492 e. The molecular formula is C21H31N3O4. The Balaban J connectivity index is 1.54. The van der Waals surface area contributed by atoms with E-state index in [4.69, 9.17) is 4.74 Å². The average molecular weight is 389 g/mol. The van der Waals surface area contributed by atoms with Gasteiger partial charge in [-0.3, -0.25) is 14.5 Å². The number of carboxylic acid groups (broad SMARTS) is 1. The summed E-state index contributed by atoms with van der Waals surface area (Å²) in [6.45, 7) is 3.96. The largest absolute Gasteiger partial charge is 0.492 e. The predicted octanol–water partition coefficient (Wildman–Crippen LogP) is 1.52. The number of carboxylic acids is 1. The molecule has 1 unspecified atom stereocenters. The Morgan fingerprint density at radius 1 is 1.25 bits per heavy atom. The third kappa shape index (κ3) is 4.31. The van der Waals surface area contributed by atoms with Crippen LogP contribution in [0.3, 0.4) is 0 Å². The van der Waals surface area contributed by atoms with E-state index in [1.807, 2.05) is 26.2 Å². The van der Waals surface area contributed by atoms with Gasteiger partial charge in [-0.2, -0.15) is 0 Å². The summed E-state index contributed by atoms with van der Waals surface area (Å²) in [5.41, 5.74) is 0.686. The van der Waals surface area contributed by atoms with Crippen molar-refractivity contribution >= 4 is 11.9 Å². The zero-order valence-corrected chi connectivity index (χ0v) is 17.1. The van der Waals surface area contributed by atoms with Crippen molar-refractivity contribution in [1.82, 2.24) is 14.7 Å². The van der Waals surface area contributed by atoms with Crippen molar-refractivity contribution in [2.24, 2.45) is 5.92 Å². The normalized spacial score (nSPS) is 22.2. The number of amides is 1. The number of hydrogen-bond acceptors (Lipinski definition) is 5. The molecule has 0 saturated carbocycles. The van der Waals surface area contributed by atoms with Crippen LogP contribution in [0.5, 0.6) is 5.75 Å². The van der Waals surface area contributed by atoms with Crippen molar-refractivity contribution in [3.63, 3.8) is 0 Å². The third-order valence-corrected chi connectivity index (χ3v) is 6.23. The van der Waals surface area contributed by atoms with Gasteiger partial charge in [-0.1, -0.05) is 12.1 Å². The number of likely N-dealkylation sites (tertiary alicyclic amines) is 2. The molecule has 7 nitrogen and oxygen atoms in total. The van der Waals surface area contributed by atoms with E-state index in [1.54, 1.807) is 11.9 Å². The molecule has 1 amide bonds. The predicted molar refractivity (Wildman–Crippen MR) is 106 cm³/mol. The number of piperidine rings is 1. The molecule has 1 spiro atoms. The van der Waals surface area contributed by atoms with E-state index in [0.717, 1.165) is 31.9 Å². The van der Waals surface area contributed by atoms with E-state index < -0.39 is 17.4 Å². The van der Waals surface area contributed by atoms with E-state index >= 15 is 0 Å². The molecule has 1 aromatic carbocycles. The third-order valence-electron chi connectivity index (χ3n) is 6.23. The highest BCUT2D eigenvalue weighted by molar-refractivity contribution is 5.88. The molecule has 0 bridgehead atoms. The maximum Gasteiger partial charge on any atom is 0.309 e. The summed E-state index contributed by atoms with van der Waals surface area (Å²) in [6.07, 6.45) is 1.54. The molecule has 154 valence electrons. The number of rotatable bonds is 7. The molecule has 1 N–H and O–H groups in total. The van der Waals surface area contributed by atoms with Gasteiger partial charge in [0.1, 0.15) is 12.4 Å². The summed E-state index contributed by atoms with van der Waals surface area (Å²) in [6, 6.07) is 8.17. The number of likely N-dealkylation sites (N-methyl/N-ethyl adjacent to an activating group) is 1. The van der Waals surface area contributed by atoms with Crippen molar-refractivity contribution in [1.29, 1.82) is 0 Å². The first-order valence-corrected chi connectivity index (χ1v) is 9.90. The first kappa shape index (κ1) is 20.6. The Morgan fingerprint density at radius 2 is 1.89 bits per heavy atom. The van der Waals surface area contributed by atoms with Crippen LogP contribution >= 0.6 is 0 Å². The number of ether oxygens (including phenoxy) is 1. The quantitative estimate of drug-likeness (QED) is 0.762. The average Bonchev–Trinajstić information content (AvgIpc) is 2.90. The molecule has 2 fully saturated rings. The van der Waals surface area contributed by atoms with E-state index in [1.165, 1.54) is 5.56 Å². The number of carbonyl (C=O) groups is 2. The lowest BCUT2D eigenvalue weighted by atomic mass is 9.77. The van der Waals surface area contributed by atoms with E-state index in [-0.39, 0.29) is 12.3 Å². The van der Waals surface area contributed by atoms with Crippen molar-refractivity contribution in [2.75, 3.05) is 47.4 Å². The molecule has 2 aliphatic heterocycles. The highest BCUT2D eigenvalue weighted by Crippen LogP contribution is 2.43. The molecule has 28 heavy (non-hydrogen) atoms. The first-order chi connectivity index (χ1) is 13.3. The molecule has 1 atom stereocenters. The molecule has 2 saturated heterocycles. The Labute approximate surface area is 166 Å². The van der Waals surface area contributed by atoms with Gasteiger partial charge in [0.05, 0.1) is 11.5 Å². The second-order valence-corrected chi connectivity index (χ2v) is 8.22. The van der Waals surface area contributed by atoms with Gasteiger partial charge < -0.3 is 19.6 Å². The van der Waals surface area contributed by atoms with Crippen molar-refractivity contribution in [3.8, 4) is 5.75 Å². The number of carbonyl (C=O) groups excluding carboxylic acids is 1. The Morgan fingerprint density at radius 3 is 2.46 bits per heavy atom. The minimum atomic E-state index is -0.851. The van der Waals surface area contributed by atoms with Crippen LogP contribution in [-0.4, -0.2) is 84.6 Å². The molecule has 1 aromatic rings. The number of hydrogen-bond donors (Lipinski definition) is 1. The summed E-state index contributed by atoms with van der Waals surface area (Å²) in [4.78, 5) is 29.9. The first-order valence-electron chi connectivity index (χ1n) is 9.90. The summed E-state index contributed by atoms with van der Waals surface area (Å²) in [5.74, 6) is -0.619. The standard InChI is InChI=1S/C21H31N3O4/c1-22(2)12-13-28-17-6-4-16(5-7-17)15-24-10-8-21(9-11-24)18(20(26)27)14-19(25)23(21)3/h4-7,18H,8-15H2,1-3H3,(H,26,27). The Hall–Kier alpha value is -2.12. The van der Waals surface area contributed by atoms with Crippen LogP contribution in [-0.2, 0) is 16.1 Å². The lowest BCUT2D eigenvalue weighted by molar-refractivity contribution is -0.146. The van der Waals surface area contributed by atoms with Crippen molar-refractivity contribution in [3.05, 3.63) is 29.8 Å². The van der Waals surface area contributed by atoms with Gasteiger partial charge in [-0.05, 0) is 44.6 Å². The van der Waals surface area contributed by atoms with Crippen LogP contribution in [0.25, 0.3) is 0 Å². The monoisotopic (exact) mass is 389 g/mol. The fourth-order valence-electron chi connectivity index (χ4n) is 4.38. The van der Waals surface area contributed by atoms with Gasteiger partial charge in [-0.15, -0.1) is 0 Å². The van der Waals surface area contributed by atoms with Crippen molar-refractivity contribution < 1.29 is 19.4 Å². The smallest absolute Gasteiger partial charge is 0.309 e. The molecule has 3 rings (SSSR count). The van der Waals surface area contributed by atoms with Gasteiger partial charge in [0, 0.05) is 39.6 Å². The van der Waals surface area contributed by atoms with Gasteiger partial charge in [0.15, 0.2) is 0 Å². The van der Waals surface area contributed by atoms with Crippen molar-refractivity contribution in [2.45, 2.75) is 31.3 Å². The maximum atomic E-state index is 12.1. The lowest BCUT2D eigenvalue weighted by Gasteiger charge is -2.45. The van der Waals surface area contributed by atoms with Gasteiger partial charge in [0.25, 0.3) is 0 Å². The molecular weight excluding hydrogens is 358 g/mol. The van der Waals surface area contributed by atoms with Crippen LogP contribution in [0, 0.1) is 5.92 Å². The number of nitrogens with zero attached hydrogens (tertiary/aromatic N) is 3. The summed E-state index contributed by atoms with van der Waals surface area (Å²) in [5, 5.41) is 9.58. The minimum absolute atomic E-state index is 0.0503. The second-order valence-electron chi connectivity index (χ2n) is 8.22. The summed E-state index contributed by atoms with van der Waals surface area (Å²) >= 11 is 0. The zero-order valence-electron chi connectivity index (χ0n) is 17.1. The van der Waals surface area contributed by atoms with Crippen LogP contribution in [0.4, 0.5) is 0 Å². The van der Waals surface area contributed by atoms with Gasteiger partial charge in [0.2, 0.25) is 5.91 Å². The molecule has 2 heterocycles. The Kier molecular flexibility index (Phi) is 6.25. The van der Waals surface area contributed by atoms with E-state index in [0.29, 0.717) is 19.4 Å². The fourth-order valence-corrected chi connectivity index (χ4v) is 4.38. The highest BCUT2D eigenvalue weighted by atomic mass is 16.5. The van der Waals surface area contributed by atoms with Gasteiger partial charge >= 0.3 is 5.97 Å². The van der Waals surface area contributed by atoms with Crippen LogP contribution in [0.15, 0.2) is 24.3 Å². The highest BCUT2D eigenvalue weighted by Gasteiger charge is 2.55. The summed E-state index contributed by atoms with van der Waals surface area (Å²) < 4.78 is 5.73. The lowest BCUT2D eigenvalue weighted by Crippen LogP contribution is -2.55. The molecule has 0 aliphatic carbocycles. The van der Waals surface area contributed by atoms with Crippen LogP contribution in [0.1, 0.15) is 24.8 Å². The SMILES string of the molecule is CN(C)CCOc1ccc(CN2CCC3(CC2)C(C(=O)O)CC(=O)N3C)cc1. The number of aliphatic carboxylic acids is 1. The van der Waals surface area contributed by atoms with Crippen LogP contribution < -0.4 is 4.74 Å². The zero-order chi connectivity index (χ0) is 20.3. The van der Waals surface area contributed by atoms with Crippen LogP contribution in [0.2, 0.25) is 0 Å². The molecule has 0 aromatic heterocycles. The maximum absolute atomic E-state index is 12.1. The second kappa shape index (κ2) is 8.49. The number of benzene rings is 1. The van der Waals surface area contributed by atoms with Gasteiger partial charge in [-0.25, -0.2) is 0 Å².